The highest BCUT2D eigenvalue weighted by Crippen LogP contribution is 2.27. The van der Waals surface area contributed by atoms with Crippen LogP contribution < -0.4 is 4.74 Å². The summed E-state index contributed by atoms with van der Waals surface area (Å²) >= 11 is 2.35. The van der Waals surface area contributed by atoms with E-state index in [4.69, 9.17) is 9.47 Å². The van der Waals surface area contributed by atoms with Crippen molar-refractivity contribution in [3.63, 3.8) is 0 Å². The molecule has 90 valence electrons. The lowest BCUT2D eigenvalue weighted by Crippen LogP contribution is -2.23. The van der Waals surface area contributed by atoms with Crippen molar-refractivity contribution in [1.82, 2.24) is 0 Å². The fourth-order valence-corrected chi connectivity index (χ4v) is 2.15. The fourth-order valence-electron chi connectivity index (χ4n) is 1.46. The molecule has 1 aromatic carbocycles. The Balaban J connectivity index is 2.86. The van der Waals surface area contributed by atoms with Crippen LogP contribution in [-0.2, 0) is 4.74 Å². The zero-order valence-corrected chi connectivity index (χ0v) is 12.4. The first kappa shape index (κ1) is 13.8. The molecule has 0 bridgehead atoms. The lowest BCUT2D eigenvalue weighted by Gasteiger charge is -2.26. The smallest absolute Gasteiger partial charge is 0.119 e. The molecule has 0 radical (unpaired) electrons. The standard InChI is InChI=1S/C13H19IO2/c1-13(2,3)16-12(9-14)10-6-5-7-11(8-10)15-4/h5-8,12H,9H2,1-4H3. The largest absolute Gasteiger partial charge is 0.497 e. The van der Waals surface area contributed by atoms with Crippen molar-refractivity contribution in [2.24, 2.45) is 0 Å². The third kappa shape index (κ3) is 4.29. The first-order chi connectivity index (χ1) is 7.46. The highest BCUT2D eigenvalue weighted by molar-refractivity contribution is 14.1. The van der Waals surface area contributed by atoms with Gasteiger partial charge in [-0.1, -0.05) is 34.7 Å². The fraction of sp³-hybridized carbons (Fsp3) is 0.538. The quantitative estimate of drug-likeness (QED) is 0.612. The van der Waals surface area contributed by atoms with E-state index in [0.29, 0.717) is 0 Å². The first-order valence-electron chi connectivity index (χ1n) is 5.34. The maximum atomic E-state index is 6.01. The van der Waals surface area contributed by atoms with Crippen molar-refractivity contribution in [3.05, 3.63) is 29.8 Å². The molecule has 0 aliphatic heterocycles. The molecule has 0 saturated carbocycles. The van der Waals surface area contributed by atoms with Crippen LogP contribution in [0.2, 0.25) is 0 Å². The van der Waals surface area contributed by atoms with Gasteiger partial charge in [0.05, 0.1) is 18.8 Å². The summed E-state index contributed by atoms with van der Waals surface area (Å²) in [5, 5.41) is 0. The van der Waals surface area contributed by atoms with Crippen molar-refractivity contribution in [1.29, 1.82) is 0 Å². The van der Waals surface area contributed by atoms with Crippen LogP contribution in [0, 0.1) is 0 Å². The van der Waals surface area contributed by atoms with Gasteiger partial charge in [0.2, 0.25) is 0 Å². The Morgan fingerprint density at radius 2 is 2.00 bits per heavy atom. The Morgan fingerprint density at radius 1 is 1.31 bits per heavy atom. The van der Waals surface area contributed by atoms with E-state index < -0.39 is 0 Å². The van der Waals surface area contributed by atoms with Crippen molar-refractivity contribution in [3.8, 4) is 5.75 Å². The molecule has 0 heterocycles. The number of alkyl halides is 1. The van der Waals surface area contributed by atoms with Crippen molar-refractivity contribution < 1.29 is 9.47 Å². The van der Waals surface area contributed by atoms with Gasteiger partial charge in [0, 0.05) is 4.43 Å². The molecule has 1 rings (SSSR count). The molecule has 0 aromatic heterocycles. The molecule has 1 aromatic rings. The number of benzene rings is 1. The van der Waals surface area contributed by atoms with Crippen LogP contribution in [0.15, 0.2) is 24.3 Å². The van der Waals surface area contributed by atoms with Gasteiger partial charge in [0.15, 0.2) is 0 Å². The van der Waals surface area contributed by atoms with Gasteiger partial charge in [0.1, 0.15) is 5.75 Å². The van der Waals surface area contributed by atoms with Gasteiger partial charge < -0.3 is 9.47 Å². The summed E-state index contributed by atoms with van der Waals surface area (Å²) in [6, 6.07) is 8.07. The second-order valence-electron chi connectivity index (χ2n) is 4.65. The van der Waals surface area contributed by atoms with Crippen LogP contribution >= 0.6 is 22.6 Å². The molecule has 3 heteroatoms. The van der Waals surface area contributed by atoms with Crippen LogP contribution in [0.25, 0.3) is 0 Å². The molecule has 1 atom stereocenters. The number of halogens is 1. The van der Waals surface area contributed by atoms with Crippen LogP contribution in [-0.4, -0.2) is 17.1 Å². The van der Waals surface area contributed by atoms with E-state index in [9.17, 15) is 0 Å². The second-order valence-corrected chi connectivity index (χ2v) is 5.53. The van der Waals surface area contributed by atoms with Crippen LogP contribution in [0.5, 0.6) is 5.75 Å². The molecule has 0 aliphatic rings. The molecule has 0 fully saturated rings. The van der Waals surface area contributed by atoms with Gasteiger partial charge in [-0.25, -0.2) is 0 Å². The van der Waals surface area contributed by atoms with Crippen molar-refractivity contribution >= 4 is 22.6 Å². The number of ether oxygens (including phenoxy) is 2. The summed E-state index contributed by atoms with van der Waals surface area (Å²) in [7, 11) is 1.68. The van der Waals surface area contributed by atoms with E-state index in [1.165, 1.54) is 5.56 Å². The summed E-state index contributed by atoms with van der Waals surface area (Å²) in [6.07, 6.45) is 0.121. The van der Waals surface area contributed by atoms with E-state index in [0.717, 1.165) is 10.2 Å². The van der Waals surface area contributed by atoms with Crippen LogP contribution in [0.1, 0.15) is 32.4 Å². The van der Waals surface area contributed by atoms with E-state index in [2.05, 4.69) is 49.4 Å². The molecular weight excluding hydrogens is 315 g/mol. The van der Waals surface area contributed by atoms with Gasteiger partial charge in [0.25, 0.3) is 0 Å². The molecule has 0 N–H and O–H groups in total. The lowest BCUT2D eigenvalue weighted by molar-refractivity contribution is -0.0494. The summed E-state index contributed by atoms with van der Waals surface area (Å²) < 4.78 is 12.2. The van der Waals surface area contributed by atoms with Gasteiger partial charge in [-0.05, 0) is 38.5 Å². The monoisotopic (exact) mass is 334 g/mol. The van der Waals surface area contributed by atoms with E-state index in [1.54, 1.807) is 7.11 Å². The average molecular weight is 334 g/mol. The minimum atomic E-state index is -0.126. The number of hydrogen-bond acceptors (Lipinski definition) is 2. The molecule has 0 saturated heterocycles. The molecular formula is C13H19IO2. The molecule has 16 heavy (non-hydrogen) atoms. The maximum absolute atomic E-state index is 6.01. The lowest BCUT2D eigenvalue weighted by atomic mass is 10.1. The summed E-state index contributed by atoms with van der Waals surface area (Å²) in [6.45, 7) is 6.23. The summed E-state index contributed by atoms with van der Waals surface area (Å²) in [5.74, 6) is 0.879. The van der Waals surface area contributed by atoms with Gasteiger partial charge in [-0.3, -0.25) is 0 Å². The van der Waals surface area contributed by atoms with E-state index in [-0.39, 0.29) is 11.7 Å². The Kier molecular flexibility index (Phi) is 5.05. The third-order valence-electron chi connectivity index (χ3n) is 2.10. The van der Waals surface area contributed by atoms with Gasteiger partial charge >= 0.3 is 0 Å². The summed E-state index contributed by atoms with van der Waals surface area (Å²) in [5.41, 5.74) is 1.04. The topological polar surface area (TPSA) is 18.5 Å². The zero-order chi connectivity index (χ0) is 12.2. The highest BCUT2D eigenvalue weighted by Gasteiger charge is 2.19. The maximum Gasteiger partial charge on any atom is 0.119 e. The molecule has 2 nitrogen and oxygen atoms in total. The highest BCUT2D eigenvalue weighted by atomic mass is 127. The van der Waals surface area contributed by atoms with Gasteiger partial charge in [-0.15, -0.1) is 0 Å². The van der Waals surface area contributed by atoms with Crippen molar-refractivity contribution in [2.75, 3.05) is 11.5 Å². The zero-order valence-electron chi connectivity index (χ0n) is 10.3. The Bertz CT molecular complexity index is 331. The van der Waals surface area contributed by atoms with E-state index >= 15 is 0 Å². The molecule has 0 aliphatic carbocycles. The third-order valence-corrected chi connectivity index (χ3v) is 2.90. The average Bonchev–Trinajstić information content (AvgIpc) is 2.25. The Hall–Kier alpha value is -0.290. The summed E-state index contributed by atoms with van der Waals surface area (Å²) in [4.78, 5) is 0. The minimum absolute atomic E-state index is 0.121. The van der Waals surface area contributed by atoms with Crippen LogP contribution in [0.3, 0.4) is 0 Å². The predicted octanol–water partition coefficient (Wildman–Crippen LogP) is 3.99. The minimum Gasteiger partial charge on any atom is -0.497 e. The molecule has 1 unspecified atom stereocenters. The van der Waals surface area contributed by atoms with Crippen LogP contribution in [0.4, 0.5) is 0 Å². The number of hydrogen-bond donors (Lipinski definition) is 0. The second kappa shape index (κ2) is 5.87. The first-order valence-corrected chi connectivity index (χ1v) is 6.86. The van der Waals surface area contributed by atoms with Gasteiger partial charge in [-0.2, -0.15) is 0 Å². The number of rotatable bonds is 4. The molecule has 0 amide bonds. The number of methoxy groups -OCH3 is 1. The molecule has 0 spiro atoms. The van der Waals surface area contributed by atoms with E-state index in [1.807, 2.05) is 18.2 Å². The Morgan fingerprint density at radius 3 is 2.50 bits per heavy atom. The predicted molar refractivity (Wildman–Crippen MR) is 75.5 cm³/mol. The van der Waals surface area contributed by atoms with Crippen molar-refractivity contribution in [2.45, 2.75) is 32.5 Å². The Labute approximate surface area is 111 Å². The SMILES string of the molecule is COc1cccc(C(CI)OC(C)(C)C)c1. The normalized spacial score (nSPS) is 13.6.